The second-order valence-corrected chi connectivity index (χ2v) is 4.61. The first-order chi connectivity index (χ1) is 7.59. The molecule has 0 radical (unpaired) electrons. The molecule has 1 aromatic rings. The predicted octanol–water partition coefficient (Wildman–Crippen LogP) is 2.38. The zero-order valence-corrected chi connectivity index (χ0v) is 10.9. The van der Waals surface area contributed by atoms with Crippen LogP contribution < -0.4 is 5.69 Å². The molecule has 1 rings (SSSR count). The van der Waals surface area contributed by atoms with E-state index in [9.17, 15) is 4.79 Å². The first kappa shape index (κ1) is 13.0. The Morgan fingerprint density at radius 1 is 1.31 bits per heavy atom. The van der Waals surface area contributed by atoms with Crippen molar-refractivity contribution < 1.29 is 0 Å². The molecule has 0 aliphatic rings. The summed E-state index contributed by atoms with van der Waals surface area (Å²) in [7, 11) is 0. The molecule has 0 fully saturated rings. The average molecular weight is 225 g/mol. The van der Waals surface area contributed by atoms with Crippen molar-refractivity contribution in [1.82, 2.24) is 14.3 Å². The van der Waals surface area contributed by atoms with Crippen LogP contribution in [-0.2, 0) is 12.1 Å². The van der Waals surface area contributed by atoms with Gasteiger partial charge in [0.2, 0.25) is 0 Å². The number of hydrogen-bond acceptors (Lipinski definition) is 2. The van der Waals surface area contributed by atoms with Crippen molar-refractivity contribution >= 4 is 0 Å². The van der Waals surface area contributed by atoms with Crippen LogP contribution in [0.1, 0.15) is 53.4 Å². The van der Waals surface area contributed by atoms with E-state index in [0.29, 0.717) is 6.54 Å². The smallest absolute Gasteiger partial charge is 0.276 e. The van der Waals surface area contributed by atoms with Gasteiger partial charge in [0, 0.05) is 12.1 Å². The Morgan fingerprint density at radius 2 is 2.00 bits per heavy atom. The molecular formula is C12H23N3O. The molecule has 0 bridgehead atoms. The van der Waals surface area contributed by atoms with E-state index >= 15 is 0 Å². The van der Waals surface area contributed by atoms with E-state index in [4.69, 9.17) is 0 Å². The summed E-state index contributed by atoms with van der Waals surface area (Å²) >= 11 is 0. The summed E-state index contributed by atoms with van der Waals surface area (Å²) in [6, 6.07) is 0. The van der Waals surface area contributed by atoms with Crippen LogP contribution in [-0.4, -0.2) is 14.3 Å². The first-order valence-corrected chi connectivity index (χ1v) is 6.24. The van der Waals surface area contributed by atoms with E-state index in [2.05, 4.69) is 32.8 Å². The highest BCUT2D eigenvalue weighted by Crippen LogP contribution is 2.24. The van der Waals surface area contributed by atoms with E-state index in [1.54, 1.807) is 15.6 Å². The van der Waals surface area contributed by atoms with Crippen molar-refractivity contribution in [2.75, 3.05) is 0 Å². The molecule has 0 spiro atoms. The van der Waals surface area contributed by atoms with Crippen molar-refractivity contribution in [2.45, 2.75) is 65.5 Å². The maximum absolute atomic E-state index is 12.1. The first-order valence-electron chi connectivity index (χ1n) is 6.24. The molecule has 0 amide bonds. The van der Waals surface area contributed by atoms with Gasteiger partial charge in [0.15, 0.2) is 0 Å². The molecule has 0 N–H and O–H groups in total. The van der Waals surface area contributed by atoms with Gasteiger partial charge in [-0.15, -0.1) is 0 Å². The van der Waals surface area contributed by atoms with Crippen LogP contribution in [0.25, 0.3) is 0 Å². The molecule has 16 heavy (non-hydrogen) atoms. The van der Waals surface area contributed by atoms with Crippen LogP contribution in [0.3, 0.4) is 0 Å². The normalized spacial score (nSPS) is 15.0. The molecule has 1 heterocycles. The lowest BCUT2D eigenvalue weighted by Crippen LogP contribution is -2.38. The summed E-state index contributed by atoms with van der Waals surface area (Å²) in [6.45, 7) is 9.17. The average Bonchev–Trinajstić information content (AvgIpc) is 2.62. The summed E-state index contributed by atoms with van der Waals surface area (Å²) in [4.78, 5) is 12.1. The van der Waals surface area contributed by atoms with Crippen LogP contribution >= 0.6 is 0 Å². The molecule has 1 unspecified atom stereocenters. The third-order valence-electron chi connectivity index (χ3n) is 3.30. The molecule has 0 aromatic carbocycles. The van der Waals surface area contributed by atoms with Gasteiger partial charge in [-0.25, -0.2) is 9.48 Å². The van der Waals surface area contributed by atoms with Gasteiger partial charge in [0.05, 0.1) is 0 Å². The topological polar surface area (TPSA) is 39.8 Å². The highest BCUT2D eigenvalue weighted by atomic mass is 16.2. The standard InChI is InChI=1S/C12H23N3O/c1-5-8-12(4,7-3)14-10-13-15(9-6-2)11(14)16/h10H,5-9H2,1-4H3. The van der Waals surface area contributed by atoms with Gasteiger partial charge in [-0.3, -0.25) is 4.57 Å². The molecule has 0 aliphatic carbocycles. The summed E-state index contributed by atoms with van der Waals surface area (Å²) in [5.74, 6) is 0. The monoisotopic (exact) mass is 225 g/mol. The highest BCUT2D eigenvalue weighted by molar-refractivity contribution is 4.85. The predicted molar refractivity (Wildman–Crippen MR) is 65.6 cm³/mol. The minimum Gasteiger partial charge on any atom is -0.276 e. The Kier molecular flexibility index (Phi) is 4.33. The molecule has 0 aliphatic heterocycles. The number of nitrogens with zero attached hydrogens (tertiary/aromatic N) is 3. The van der Waals surface area contributed by atoms with Gasteiger partial charge >= 0.3 is 5.69 Å². The van der Waals surface area contributed by atoms with Gasteiger partial charge in [-0.05, 0) is 26.2 Å². The third-order valence-corrected chi connectivity index (χ3v) is 3.30. The van der Waals surface area contributed by atoms with Crippen molar-refractivity contribution in [2.24, 2.45) is 0 Å². The molecule has 0 saturated heterocycles. The van der Waals surface area contributed by atoms with Gasteiger partial charge < -0.3 is 0 Å². The second-order valence-electron chi connectivity index (χ2n) is 4.61. The SMILES string of the molecule is CCCn1ncn(C(C)(CC)CCC)c1=O. The molecule has 92 valence electrons. The van der Waals surface area contributed by atoms with Gasteiger partial charge in [-0.1, -0.05) is 27.2 Å². The second kappa shape index (κ2) is 5.32. The van der Waals surface area contributed by atoms with E-state index in [1.807, 2.05) is 0 Å². The lowest BCUT2D eigenvalue weighted by molar-refractivity contribution is 0.268. The number of aromatic nitrogens is 3. The fourth-order valence-electron chi connectivity index (χ4n) is 2.08. The number of hydrogen-bond donors (Lipinski definition) is 0. The van der Waals surface area contributed by atoms with Crippen LogP contribution in [0, 0.1) is 0 Å². The molecule has 4 nitrogen and oxygen atoms in total. The lowest BCUT2D eigenvalue weighted by Gasteiger charge is -2.28. The van der Waals surface area contributed by atoms with E-state index < -0.39 is 0 Å². The van der Waals surface area contributed by atoms with Crippen molar-refractivity contribution in [3.63, 3.8) is 0 Å². The molecule has 1 aromatic heterocycles. The largest absolute Gasteiger partial charge is 0.346 e. The number of aryl methyl sites for hydroxylation is 1. The minimum absolute atomic E-state index is 0.0275. The van der Waals surface area contributed by atoms with E-state index in [0.717, 1.165) is 25.7 Å². The Labute approximate surface area is 97.3 Å². The maximum Gasteiger partial charge on any atom is 0.346 e. The fourth-order valence-corrected chi connectivity index (χ4v) is 2.08. The van der Waals surface area contributed by atoms with Crippen LogP contribution in [0.4, 0.5) is 0 Å². The number of rotatable bonds is 6. The molecule has 4 heteroatoms. The summed E-state index contributed by atoms with van der Waals surface area (Å²) in [5.41, 5.74) is -0.0580. The summed E-state index contributed by atoms with van der Waals surface area (Å²) in [6.07, 6.45) is 5.68. The summed E-state index contributed by atoms with van der Waals surface area (Å²) in [5, 5.41) is 4.17. The van der Waals surface area contributed by atoms with Crippen molar-refractivity contribution in [3.05, 3.63) is 16.8 Å². The Morgan fingerprint density at radius 3 is 2.50 bits per heavy atom. The van der Waals surface area contributed by atoms with Crippen molar-refractivity contribution in [1.29, 1.82) is 0 Å². The lowest BCUT2D eigenvalue weighted by atomic mass is 9.93. The summed E-state index contributed by atoms with van der Waals surface area (Å²) < 4.78 is 3.36. The van der Waals surface area contributed by atoms with E-state index in [-0.39, 0.29) is 11.2 Å². The maximum atomic E-state index is 12.1. The van der Waals surface area contributed by atoms with Crippen LogP contribution in [0.2, 0.25) is 0 Å². The van der Waals surface area contributed by atoms with Crippen LogP contribution in [0.5, 0.6) is 0 Å². The molecule has 0 saturated carbocycles. The van der Waals surface area contributed by atoms with Crippen LogP contribution in [0.15, 0.2) is 11.1 Å². The highest BCUT2D eigenvalue weighted by Gasteiger charge is 2.26. The third kappa shape index (κ3) is 2.36. The Hall–Kier alpha value is -1.06. The zero-order chi connectivity index (χ0) is 12.2. The Bertz CT molecular complexity index is 380. The van der Waals surface area contributed by atoms with Gasteiger partial charge in [-0.2, -0.15) is 5.10 Å². The molecule has 1 atom stereocenters. The quantitative estimate of drug-likeness (QED) is 0.745. The minimum atomic E-state index is -0.0855. The van der Waals surface area contributed by atoms with Gasteiger partial charge in [0.1, 0.15) is 6.33 Å². The fraction of sp³-hybridized carbons (Fsp3) is 0.833. The Balaban J connectivity index is 3.07. The van der Waals surface area contributed by atoms with Crippen molar-refractivity contribution in [3.8, 4) is 0 Å². The van der Waals surface area contributed by atoms with Gasteiger partial charge in [0.25, 0.3) is 0 Å². The molecular weight excluding hydrogens is 202 g/mol. The zero-order valence-electron chi connectivity index (χ0n) is 10.9. The van der Waals surface area contributed by atoms with E-state index in [1.165, 1.54) is 0 Å².